The van der Waals surface area contributed by atoms with Gasteiger partial charge in [0, 0.05) is 17.5 Å². The molecule has 1 saturated heterocycles. The Bertz CT molecular complexity index is 321. The fraction of sp³-hybridized carbons (Fsp3) is 0.714. The van der Waals surface area contributed by atoms with Crippen LogP contribution in [0, 0.1) is 0 Å². The predicted octanol–water partition coefficient (Wildman–Crippen LogP) is 0.331. The third kappa shape index (κ3) is 1.86. The molecule has 0 spiro atoms. The van der Waals surface area contributed by atoms with Crippen molar-refractivity contribution in [3.05, 3.63) is 0 Å². The summed E-state index contributed by atoms with van der Waals surface area (Å²) in [6.07, 6.45) is 0.111. The molecule has 1 fully saturated rings. The highest BCUT2D eigenvalue weighted by Crippen LogP contribution is 2.35. The Kier molecular flexibility index (Phi) is 3.38. The third-order valence-electron chi connectivity index (χ3n) is 2.28. The maximum Gasteiger partial charge on any atom is 0.697 e. The molecule has 0 aromatic carbocycles. The highest BCUT2D eigenvalue weighted by Gasteiger charge is 2.58. The van der Waals surface area contributed by atoms with Crippen molar-refractivity contribution in [3.63, 3.8) is 0 Å². The minimum Gasteiger partial charge on any atom is -0.284 e. The molecule has 2 unspecified atom stereocenters. The molecule has 0 saturated carbocycles. The van der Waals surface area contributed by atoms with Crippen LogP contribution in [-0.2, 0) is 13.9 Å². The first-order valence-electron chi connectivity index (χ1n) is 4.46. The second-order valence-corrected chi connectivity index (χ2v) is 3.63. The number of carbonyl (C=O) groups is 2. The monoisotopic (exact) mass is 235 g/mol. The van der Waals surface area contributed by atoms with Gasteiger partial charge in [-0.05, 0) is 6.92 Å². The molecule has 1 heterocycles. The number of amides is 3. The molecule has 15 heavy (non-hydrogen) atoms. The molecule has 2 atom stereocenters. The van der Waals surface area contributed by atoms with Gasteiger partial charge in [0.2, 0.25) is 0 Å². The second kappa shape index (κ2) is 4.22. The number of imide groups is 1. The summed E-state index contributed by atoms with van der Waals surface area (Å²) in [6.45, 7) is 3.46. The minimum absolute atomic E-state index is 0.111. The lowest BCUT2D eigenvalue weighted by Gasteiger charge is -2.26. The van der Waals surface area contributed by atoms with Crippen molar-refractivity contribution in [3.8, 4) is 0 Å². The Morgan fingerprint density at radius 2 is 2.13 bits per heavy atom. The quantitative estimate of drug-likeness (QED) is 0.540. The highest BCUT2D eigenvalue weighted by molar-refractivity contribution is 7.32. The number of nitrogens with one attached hydrogen (secondary N) is 1. The number of hydrogen-bond acceptors (Lipinski definition) is 4. The SMILES string of the molecule is CCN1C(=O)NC(=O)C1(CC)O[P+](=O)O. The molecular formula is C7H12N2O5P+. The third-order valence-corrected chi connectivity index (χ3v) is 2.74. The zero-order valence-corrected chi connectivity index (χ0v) is 9.28. The molecule has 1 rings (SSSR count). The van der Waals surface area contributed by atoms with E-state index in [1.54, 1.807) is 13.8 Å². The van der Waals surface area contributed by atoms with Crippen LogP contribution < -0.4 is 5.32 Å². The summed E-state index contributed by atoms with van der Waals surface area (Å²) >= 11 is 0. The Hall–Kier alpha value is -1.04. The summed E-state index contributed by atoms with van der Waals surface area (Å²) in [5, 5.41) is 2.05. The zero-order chi connectivity index (χ0) is 11.6. The molecule has 1 aliphatic rings. The topological polar surface area (TPSA) is 95.9 Å². The van der Waals surface area contributed by atoms with Gasteiger partial charge in [-0.25, -0.2) is 4.79 Å². The summed E-state index contributed by atoms with van der Waals surface area (Å²) < 4.78 is 15.3. The summed E-state index contributed by atoms with van der Waals surface area (Å²) in [6, 6.07) is -0.610. The molecule has 3 amide bonds. The number of likely N-dealkylation sites (N-methyl/N-ethyl adjacent to an activating group) is 1. The Morgan fingerprint density at radius 1 is 1.53 bits per heavy atom. The molecule has 0 aliphatic carbocycles. The Labute approximate surface area is 87.3 Å². The van der Waals surface area contributed by atoms with Crippen LogP contribution in [0.2, 0.25) is 0 Å². The first kappa shape index (κ1) is 12.0. The second-order valence-electron chi connectivity index (χ2n) is 2.97. The maximum absolute atomic E-state index is 11.5. The van der Waals surface area contributed by atoms with Crippen molar-refractivity contribution in [1.82, 2.24) is 10.2 Å². The van der Waals surface area contributed by atoms with Crippen LogP contribution in [0.1, 0.15) is 20.3 Å². The average Bonchev–Trinajstić information content (AvgIpc) is 2.37. The highest BCUT2D eigenvalue weighted by atomic mass is 31.1. The maximum atomic E-state index is 11.5. The fourth-order valence-corrected chi connectivity index (χ4v) is 2.15. The summed E-state index contributed by atoms with van der Waals surface area (Å²) in [5.74, 6) is -0.700. The lowest BCUT2D eigenvalue weighted by atomic mass is 10.1. The van der Waals surface area contributed by atoms with E-state index < -0.39 is 25.9 Å². The van der Waals surface area contributed by atoms with E-state index in [0.717, 1.165) is 4.90 Å². The van der Waals surface area contributed by atoms with E-state index in [0.29, 0.717) is 0 Å². The molecular weight excluding hydrogens is 223 g/mol. The van der Waals surface area contributed by atoms with Crippen LogP contribution in [0.4, 0.5) is 4.79 Å². The number of urea groups is 1. The molecule has 1 aliphatic heterocycles. The lowest BCUT2D eigenvalue weighted by Crippen LogP contribution is -2.50. The van der Waals surface area contributed by atoms with Crippen LogP contribution >= 0.6 is 8.25 Å². The molecule has 2 N–H and O–H groups in total. The number of rotatable bonds is 4. The van der Waals surface area contributed by atoms with Gasteiger partial charge in [-0.15, -0.1) is 4.89 Å². The van der Waals surface area contributed by atoms with Crippen molar-refractivity contribution in [2.45, 2.75) is 26.0 Å². The molecule has 0 bridgehead atoms. The van der Waals surface area contributed by atoms with Crippen molar-refractivity contribution in [1.29, 1.82) is 0 Å². The standard InChI is InChI=1S/C7H11N2O5P/c1-3-7(14-15(12)13)5(10)8-6(11)9(7)4-2/h3-4H2,1-2H3,(H-,8,10,11,12,13)/p+1. The largest absolute Gasteiger partial charge is 0.697 e. The minimum atomic E-state index is -2.95. The average molecular weight is 235 g/mol. The van der Waals surface area contributed by atoms with Gasteiger partial charge in [-0.3, -0.25) is 15.0 Å². The normalized spacial score (nSPS) is 26.9. The van der Waals surface area contributed by atoms with Crippen molar-refractivity contribution < 1.29 is 23.6 Å². The van der Waals surface area contributed by atoms with E-state index in [1.165, 1.54) is 0 Å². The lowest BCUT2D eigenvalue weighted by molar-refractivity contribution is -0.143. The number of hydrogen-bond donors (Lipinski definition) is 2. The van der Waals surface area contributed by atoms with E-state index in [-0.39, 0.29) is 13.0 Å². The zero-order valence-electron chi connectivity index (χ0n) is 8.39. The molecule has 0 aromatic heterocycles. The first-order chi connectivity index (χ1) is 6.97. The van der Waals surface area contributed by atoms with Crippen molar-refractivity contribution >= 4 is 20.2 Å². The van der Waals surface area contributed by atoms with Gasteiger partial charge in [0.25, 0.3) is 11.6 Å². The van der Waals surface area contributed by atoms with Gasteiger partial charge in [-0.2, -0.15) is 0 Å². The van der Waals surface area contributed by atoms with E-state index in [2.05, 4.69) is 0 Å². The van der Waals surface area contributed by atoms with Gasteiger partial charge in [-0.1, -0.05) is 11.4 Å². The van der Waals surface area contributed by atoms with Crippen LogP contribution in [0.15, 0.2) is 0 Å². The van der Waals surface area contributed by atoms with Gasteiger partial charge < -0.3 is 0 Å². The van der Waals surface area contributed by atoms with E-state index in [4.69, 9.17) is 9.42 Å². The number of nitrogens with zero attached hydrogens (tertiary/aromatic N) is 1. The van der Waals surface area contributed by atoms with Crippen molar-refractivity contribution in [2.75, 3.05) is 6.54 Å². The predicted molar refractivity (Wildman–Crippen MR) is 49.9 cm³/mol. The smallest absolute Gasteiger partial charge is 0.284 e. The molecule has 8 heteroatoms. The van der Waals surface area contributed by atoms with Gasteiger partial charge in [0.15, 0.2) is 0 Å². The van der Waals surface area contributed by atoms with E-state index in [1.807, 2.05) is 5.32 Å². The van der Waals surface area contributed by atoms with Crippen molar-refractivity contribution in [2.24, 2.45) is 0 Å². The van der Waals surface area contributed by atoms with Crippen LogP contribution in [0.3, 0.4) is 0 Å². The molecule has 0 aromatic rings. The molecule has 84 valence electrons. The molecule has 7 nitrogen and oxygen atoms in total. The van der Waals surface area contributed by atoms with Gasteiger partial charge in [0.05, 0.1) is 0 Å². The number of carbonyl (C=O) groups excluding carboxylic acids is 2. The summed E-state index contributed by atoms with van der Waals surface area (Å²) in [7, 11) is -2.95. The van der Waals surface area contributed by atoms with Crippen LogP contribution in [0.5, 0.6) is 0 Å². The van der Waals surface area contributed by atoms with Gasteiger partial charge in [0.1, 0.15) is 0 Å². The van der Waals surface area contributed by atoms with Crippen LogP contribution in [-0.4, -0.2) is 34.0 Å². The fourth-order valence-electron chi connectivity index (χ4n) is 1.58. The molecule has 0 radical (unpaired) electrons. The van der Waals surface area contributed by atoms with Crippen LogP contribution in [0.25, 0.3) is 0 Å². The summed E-state index contributed by atoms with van der Waals surface area (Å²) in [4.78, 5) is 32.6. The Balaban J connectivity index is 3.08. The Morgan fingerprint density at radius 3 is 2.53 bits per heavy atom. The summed E-state index contributed by atoms with van der Waals surface area (Å²) in [5.41, 5.74) is -1.64. The first-order valence-corrected chi connectivity index (χ1v) is 5.59. The van der Waals surface area contributed by atoms with Gasteiger partial charge >= 0.3 is 14.3 Å². The van der Waals surface area contributed by atoms with E-state index >= 15 is 0 Å². The van der Waals surface area contributed by atoms with E-state index in [9.17, 15) is 14.2 Å².